The van der Waals surface area contributed by atoms with E-state index in [1.165, 1.54) is 69.6 Å². The molecule has 0 fully saturated rings. The summed E-state index contributed by atoms with van der Waals surface area (Å²) >= 11 is 1.89. The molecule has 4 aromatic heterocycles. The molecule has 0 atom stereocenters. The second kappa shape index (κ2) is 11.7. The van der Waals surface area contributed by atoms with Gasteiger partial charge in [-0.2, -0.15) is 0 Å². The summed E-state index contributed by atoms with van der Waals surface area (Å²) in [6, 6.07) is 65.1. The predicted molar refractivity (Wildman–Crippen MR) is 232 cm³/mol. The molecular formula is C50H30N4S. The first kappa shape index (κ1) is 30.4. The lowest BCUT2D eigenvalue weighted by Gasteiger charge is -2.14. The van der Waals surface area contributed by atoms with Crippen LogP contribution in [0.15, 0.2) is 182 Å². The van der Waals surface area contributed by atoms with E-state index in [1.807, 2.05) is 35.6 Å². The van der Waals surface area contributed by atoms with Gasteiger partial charge in [0, 0.05) is 42.6 Å². The molecule has 0 aliphatic carbocycles. The van der Waals surface area contributed by atoms with Crippen molar-refractivity contribution in [2.24, 2.45) is 0 Å². The van der Waals surface area contributed by atoms with Crippen LogP contribution in [0.5, 0.6) is 0 Å². The summed E-state index contributed by atoms with van der Waals surface area (Å²) < 4.78 is 7.41. The van der Waals surface area contributed by atoms with Crippen molar-refractivity contribution in [1.29, 1.82) is 0 Å². The minimum Gasteiger partial charge on any atom is -0.308 e. The Hall–Kier alpha value is -7.08. The van der Waals surface area contributed by atoms with Crippen LogP contribution in [0.25, 0.3) is 109 Å². The molecule has 256 valence electrons. The molecule has 4 heterocycles. The normalized spacial score (nSPS) is 12.0. The fourth-order valence-electron chi connectivity index (χ4n) is 8.77. The molecule has 0 saturated carbocycles. The van der Waals surface area contributed by atoms with Crippen molar-refractivity contribution < 1.29 is 0 Å². The van der Waals surface area contributed by atoms with Gasteiger partial charge in [-0.1, -0.05) is 140 Å². The lowest BCUT2D eigenvalue weighted by molar-refractivity contribution is 1.08. The van der Waals surface area contributed by atoms with Crippen LogP contribution in [0.4, 0.5) is 0 Å². The average molecular weight is 719 g/mol. The van der Waals surface area contributed by atoms with E-state index in [-0.39, 0.29) is 0 Å². The van der Waals surface area contributed by atoms with E-state index < -0.39 is 0 Å². The van der Waals surface area contributed by atoms with E-state index in [9.17, 15) is 0 Å². The van der Waals surface area contributed by atoms with E-state index >= 15 is 0 Å². The topological polar surface area (TPSA) is 35.6 Å². The van der Waals surface area contributed by atoms with E-state index in [1.54, 1.807) is 0 Å². The molecule has 0 aliphatic heterocycles. The molecule has 0 amide bonds. The third kappa shape index (κ3) is 4.39. The monoisotopic (exact) mass is 718 g/mol. The van der Waals surface area contributed by atoms with E-state index in [2.05, 4.69) is 167 Å². The van der Waals surface area contributed by atoms with Crippen molar-refractivity contribution in [2.45, 2.75) is 0 Å². The Labute approximate surface area is 319 Å². The zero-order valence-electron chi connectivity index (χ0n) is 29.5. The highest BCUT2D eigenvalue weighted by molar-refractivity contribution is 7.26. The molecule has 12 aromatic rings. The van der Waals surface area contributed by atoms with Crippen molar-refractivity contribution in [2.75, 3.05) is 0 Å². The highest BCUT2D eigenvalue weighted by Gasteiger charge is 2.24. The Bertz CT molecular complexity index is 3480. The smallest absolute Gasteiger partial charge is 0.165 e. The first-order valence-electron chi connectivity index (χ1n) is 18.6. The number of hydrogen-bond acceptors (Lipinski definition) is 3. The minimum absolute atomic E-state index is 0.823. The Balaban J connectivity index is 1.19. The zero-order valence-corrected chi connectivity index (χ0v) is 30.3. The van der Waals surface area contributed by atoms with Gasteiger partial charge >= 0.3 is 0 Å². The number of para-hydroxylation sites is 4. The predicted octanol–water partition coefficient (Wildman–Crippen LogP) is 13.5. The molecule has 8 aromatic carbocycles. The average Bonchev–Trinajstić information content (AvgIpc) is 3.92. The Kier molecular flexibility index (Phi) is 6.47. The minimum atomic E-state index is 0.823. The summed E-state index contributed by atoms with van der Waals surface area (Å²) in [5.74, 6) is 0.823. The van der Waals surface area contributed by atoms with Gasteiger partial charge in [-0.15, -0.1) is 11.3 Å². The maximum Gasteiger partial charge on any atom is 0.165 e. The SMILES string of the molecule is c1ccc(-c2nc3ccccc3nc2-n2c3ccccc3c3c4c5ccccc5n(-c5cccc6c5sc5c(-c7ccccc7)cccc56)c4ccc32)cc1. The number of rotatable bonds is 4. The first-order chi connectivity index (χ1) is 27.3. The maximum atomic E-state index is 5.37. The number of aromatic nitrogens is 4. The number of nitrogens with zero attached hydrogens (tertiary/aromatic N) is 4. The fraction of sp³-hybridized carbons (Fsp3) is 0. The van der Waals surface area contributed by atoms with Crippen LogP contribution in [-0.2, 0) is 0 Å². The molecular weight excluding hydrogens is 689 g/mol. The van der Waals surface area contributed by atoms with Crippen molar-refractivity contribution in [3.63, 3.8) is 0 Å². The van der Waals surface area contributed by atoms with Crippen LogP contribution in [0.1, 0.15) is 0 Å². The second-order valence-electron chi connectivity index (χ2n) is 14.1. The fourth-order valence-corrected chi connectivity index (χ4v) is 10.1. The number of benzene rings is 8. The van der Waals surface area contributed by atoms with Crippen molar-refractivity contribution >= 4 is 86.2 Å². The molecule has 5 heteroatoms. The van der Waals surface area contributed by atoms with Crippen molar-refractivity contribution in [1.82, 2.24) is 19.1 Å². The molecule has 12 rings (SSSR count). The van der Waals surface area contributed by atoms with Gasteiger partial charge in [-0.25, -0.2) is 9.97 Å². The number of thiophene rings is 1. The molecule has 0 saturated heterocycles. The summed E-state index contributed by atoms with van der Waals surface area (Å²) in [6.07, 6.45) is 0. The Morgan fingerprint density at radius 3 is 1.60 bits per heavy atom. The Morgan fingerprint density at radius 1 is 0.364 bits per heavy atom. The molecule has 0 N–H and O–H groups in total. The summed E-state index contributed by atoms with van der Waals surface area (Å²) in [7, 11) is 0. The molecule has 55 heavy (non-hydrogen) atoms. The maximum absolute atomic E-state index is 5.37. The first-order valence-corrected chi connectivity index (χ1v) is 19.4. The van der Waals surface area contributed by atoms with Crippen LogP contribution in [0.2, 0.25) is 0 Å². The lowest BCUT2D eigenvalue weighted by Crippen LogP contribution is -2.03. The van der Waals surface area contributed by atoms with Crippen LogP contribution in [-0.4, -0.2) is 19.1 Å². The number of hydrogen-bond donors (Lipinski definition) is 0. The third-order valence-corrected chi connectivity index (χ3v) is 12.4. The van der Waals surface area contributed by atoms with E-state index in [0.717, 1.165) is 39.1 Å². The molecule has 0 radical (unpaired) electrons. The summed E-state index contributed by atoms with van der Waals surface area (Å²) in [4.78, 5) is 10.6. The van der Waals surface area contributed by atoms with E-state index in [4.69, 9.17) is 9.97 Å². The summed E-state index contributed by atoms with van der Waals surface area (Å²) in [5.41, 5.74) is 11.9. The van der Waals surface area contributed by atoms with Gasteiger partial charge in [-0.3, -0.25) is 4.57 Å². The second-order valence-corrected chi connectivity index (χ2v) is 15.1. The third-order valence-electron chi connectivity index (χ3n) is 11.1. The molecule has 0 spiro atoms. The van der Waals surface area contributed by atoms with Crippen LogP contribution in [0.3, 0.4) is 0 Å². The standard InChI is InChI=1S/C50H30N4S/c1-3-15-31(16-4-1)33-21-13-22-34-35-23-14-28-44(49(35)55-48(33)34)53-40-26-11-7-19-36(40)45-42(53)29-30-43-46(45)37-20-8-12-27-41(37)54(43)50-47(32-17-5-2-6-18-32)51-38-24-9-10-25-39(38)52-50/h1-30H. The Morgan fingerprint density at radius 2 is 0.891 bits per heavy atom. The number of fused-ring (bicyclic) bond motifs is 11. The summed E-state index contributed by atoms with van der Waals surface area (Å²) in [5, 5.41) is 7.44. The van der Waals surface area contributed by atoms with Gasteiger partial charge in [0.15, 0.2) is 5.82 Å². The van der Waals surface area contributed by atoms with Crippen LogP contribution >= 0.6 is 11.3 Å². The van der Waals surface area contributed by atoms with Gasteiger partial charge in [0.05, 0.1) is 43.5 Å². The van der Waals surface area contributed by atoms with Crippen LogP contribution < -0.4 is 0 Å². The van der Waals surface area contributed by atoms with Gasteiger partial charge in [0.1, 0.15) is 5.69 Å². The molecule has 0 aliphatic rings. The molecule has 0 unspecified atom stereocenters. The van der Waals surface area contributed by atoms with E-state index in [0.29, 0.717) is 0 Å². The lowest BCUT2D eigenvalue weighted by atomic mass is 10.0. The van der Waals surface area contributed by atoms with Gasteiger partial charge in [-0.05, 0) is 53.6 Å². The largest absolute Gasteiger partial charge is 0.308 e. The van der Waals surface area contributed by atoms with Crippen molar-refractivity contribution in [3.05, 3.63) is 182 Å². The molecule has 4 nitrogen and oxygen atoms in total. The highest BCUT2D eigenvalue weighted by atomic mass is 32.1. The van der Waals surface area contributed by atoms with Crippen molar-refractivity contribution in [3.8, 4) is 33.9 Å². The van der Waals surface area contributed by atoms with Crippen LogP contribution in [0, 0.1) is 0 Å². The summed E-state index contributed by atoms with van der Waals surface area (Å²) in [6.45, 7) is 0. The zero-order chi connectivity index (χ0) is 36.0. The van der Waals surface area contributed by atoms with Gasteiger partial charge < -0.3 is 4.57 Å². The molecule has 0 bridgehead atoms. The van der Waals surface area contributed by atoms with Gasteiger partial charge in [0.2, 0.25) is 0 Å². The highest BCUT2D eigenvalue weighted by Crippen LogP contribution is 2.46. The quantitative estimate of drug-likeness (QED) is 0.182. The van der Waals surface area contributed by atoms with Gasteiger partial charge in [0.25, 0.3) is 0 Å².